The number of fused-ring (bicyclic) bond motifs is 1. The Labute approximate surface area is 142 Å². The molecule has 0 unspecified atom stereocenters. The molecular weight excluding hydrogens is 298 g/mol. The fraction of sp³-hybridized carbons (Fsp3) is 0.300. The van der Waals surface area contributed by atoms with Gasteiger partial charge in [-0.1, -0.05) is 29.8 Å². The van der Waals surface area contributed by atoms with Crippen LogP contribution in [0.3, 0.4) is 0 Å². The van der Waals surface area contributed by atoms with Gasteiger partial charge >= 0.3 is 0 Å². The number of likely N-dealkylation sites (N-methyl/N-ethyl adjacent to an activating group) is 1. The summed E-state index contributed by atoms with van der Waals surface area (Å²) in [5, 5.41) is 0. The normalized spacial score (nSPS) is 11.4. The number of benzene rings is 2. The average molecular weight is 321 g/mol. The van der Waals surface area contributed by atoms with Crippen molar-refractivity contribution in [2.24, 2.45) is 0 Å². The van der Waals surface area contributed by atoms with E-state index in [1.54, 1.807) is 6.92 Å². The highest BCUT2D eigenvalue weighted by Gasteiger charge is 2.14. The van der Waals surface area contributed by atoms with Gasteiger partial charge in [-0.15, -0.1) is 0 Å². The van der Waals surface area contributed by atoms with Crippen molar-refractivity contribution in [2.75, 3.05) is 20.6 Å². The van der Waals surface area contributed by atoms with E-state index in [1.807, 2.05) is 18.2 Å². The van der Waals surface area contributed by atoms with E-state index in [1.165, 1.54) is 5.56 Å². The van der Waals surface area contributed by atoms with Gasteiger partial charge in [-0.3, -0.25) is 4.79 Å². The zero-order valence-corrected chi connectivity index (χ0v) is 14.7. The van der Waals surface area contributed by atoms with E-state index in [9.17, 15) is 4.79 Å². The van der Waals surface area contributed by atoms with E-state index < -0.39 is 0 Å². The third kappa shape index (κ3) is 3.24. The molecule has 0 saturated carbocycles. The van der Waals surface area contributed by atoms with E-state index in [-0.39, 0.29) is 5.78 Å². The van der Waals surface area contributed by atoms with Crippen molar-refractivity contribution in [3.8, 4) is 11.4 Å². The average Bonchev–Trinajstić information content (AvgIpc) is 2.91. The monoisotopic (exact) mass is 321 g/mol. The standard InChI is InChI=1S/C20H23N3O/c1-14-5-7-16(8-6-14)20-21-18-13-17(15(2)24)9-10-19(18)23(20)12-11-22(3)4/h5-10,13H,11-12H2,1-4H3. The molecule has 0 fully saturated rings. The summed E-state index contributed by atoms with van der Waals surface area (Å²) >= 11 is 0. The molecule has 1 aromatic heterocycles. The lowest BCUT2D eigenvalue weighted by atomic mass is 10.1. The number of ketones is 1. The van der Waals surface area contributed by atoms with Crippen LogP contribution in [0, 0.1) is 6.92 Å². The second-order valence-corrected chi connectivity index (χ2v) is 6.52. The summed E-state index contributed by atoms with van der Waals surface area (Å²) in [6.07, 6.45) is 0. The maximum Gasteiger partial charge on any atom is 0.159 e. The van der Waals surface area contributed by atoms with Gasteiger partial charge in [0.15, 0.2) is 5.78 Å². The molecule has 2 aromatic carbocycles. The molecule has 0 N–H and O–H groups in total. The molecule has 0 amide bonds. The van der Waals surface area contributed by atoms with E-state index in [0.29, 0.717) is 5.56 Å². The molecular formula is C20H23N3O. The van der Waals surface area contributed by atoms with Crippen LogP contribution in [0.4, 0.5) is 0 Å². The fourth-order valence-corrected chi connectivity index (χ4v) is 2.80. The lowest BCUT2D eigenvalue weighted by Gasteiger charge is -2.13. The predicted octanol–water partition coefficient (Wildman–Crippen LogP) is 3.78. The molecule has 0 aliphatic rings. The molecule has 24 heavy (non-hydrogen) atoms. The summed E-state index contributed by atoms with van der Waals surface area (Å²) in [6, 6.07) is 14.2. The summed E-state index contributed by atoms with van der Waals surface area (Å²) in [6.45, 7) is 5.45. The molecule has 0 aliphatic heterocycles. The fourth-order valence-electron chi connectivity index (χ4n) is 2.80. The first kappa shape index (κ1) is 16.4. The summed E-state index contributed by atoms with van der Waals surface area (Å²) in [4.78, 5) is 18.6. The van der Waals surface area contributed by atoms with Crippen LogP contribution in [0.25, 0.3) is 22.4 Å². The van der Waals surface area contributed by atoms with Gasteiger partial charge in [-0.2, -0.15) is 0 Å². The number of carbonyl (C=O) groups excluding carboxylic acids is 1. The Morgan fingerprint density at radius 2 is 1.83 bits per heavy atom. The number of aryl methyl sites for hydroxylation is 1. The van der Waals surface area contributed by atoms with Crippen LogP contribution in [0.2, 0.25) is 0 Å². The number of imidazole rings is 1. The third-order valence-corrected chi connectivity index (χ3v) is 4.24. The lowest BCUT2D eigenvalue weighted by Crippen LogP contribution is -2.18. The van der Waals surface area contributed by atoms with Crippen LogP contribution in [0.5, 0.6) is 0 Å². The van der Waals surface area contributed by atoms with E-state index in [4.69, 9.17) is 4.98 Å². The minimum absolute atomic E-state index is 0.0663. The van der Waals surface area contributed by atoms with Crippen LogP contribution in [-0.2, 0) is 6.54 Å². The highest BCUT2D eigenvalue weighted by atomic mass is 16.1. The molecule has 0 radical (unpaired) electrons. The maximum atomic E-state index is 11.7. The van der Waals surface area contributed by atoms with Crippen molar-refractivity contribution in [1.29, 1.82) is 0 Å². The van der Waals surface area contributed by atoms with Gasteiger partial charge in [-0.25, -0.2) is 4.98 Å². The second-order valence-electron chi connectivity index (χ2n) is 6.52. The quantitative estimate of drug-likeness (QED) is 0.671. The van der Waals surface area contributed by atoms with E-state index in [0.717, 1.165) is 35.5 Å². The Morgan fingerprint density at radius 1 is 1.12 bits per heavy atom. The Kier molecular flexibility index (Phi) is 4.49. The maximum absolute atomic E-state index is 11.7. The molecule has 0 aliphatic carbocycles. The Balaban J connectivity index is 2.15. The first-order valence-electron chi connectivity index (χ1n) is 8.18. The summed E-state index contributed by atoms with van der Waals surface area (Å²) in [5.74, 6) is 1.02. The molecule has 0 atom stereocenters. The first-order chi connectivity index (χ1) is 11.5. The van der Waals surface area contributed by atoms with Crippen molar-refractivity contribution < 1.29 is 4.79 Å². The molecule has 1 heterocycles. The van der Waals surface area contributed by atoms with Gasteiger partial charge in [-0.05, 0) is 46.1 Å². The van der Waals surface area contributed by atoms with Crippen molar-refractivity contribution >= 4 is 16.8 Å². The smallest absolute Gasteiger partial charge is 0.159 e. The van der Waals surface area contributed by atoms with Crippen molar-refractivity contribution in [3.05, 3.63) is 53.6 Å². The Morgan fingerprint density at radius 3 is 2.46 bits per heavy atom. The highest BCUT2D eigenvalue weighted by molar-refractivity contribution is 5.97. The zero-order chi connectivity index (χ0) is 17.3. The van der Waals surface area contributed by atoms with Gasteiger partial charge in [0.25, 0.3) is 0 Å². The number of aromatic nitrogens is 2. The predicted molar refractivity (Wildman–Crippen MR) is 98.5 cm³/mol. The second kappa shape index (κ2) is 6.57. The molecule has 3 aromatic rings. The summed E-state index contributed by atoms with van der Waals surface area (Å²) < 4.78 is 2.24. The molecule has 0 saturated heterocycles. The number of rotatable bonds is 5. The van der Waals surface area contributed by atoms with Gasteiger partial charge < -0.3 is 9.47 Å². The molecule has 4 heteroatoms. The van der Waals surface area contributed by atoms with Crippen LogP contribution < -0.4 is 0 Å². The number of hydrogen-bond donors (Lipinski definition) is 0. The van der Waals surface area contributed by atoms with Crippen molar-refractivity contribution in [3.63, 3.8) is 0 Å². The number of nitrogens with zero attached hydrogens (tertiary/aromatic N) is 3. The van der Waals surface area contributed by atoms with Gasteiger partial charge in [0.1, 0.15) is 5.82 Å². The molecule has 0 bridgehead atoms. The van der Waals surface area contributed by atoms with E-state index >= 15 is 0 Å². The number of carbonyl (C=O) groups is 1. The van der Waals surface area contributed by atoms with Gasteiger partial charge in [0, 0.05) is 24.2 Å². The first-order valence-corrected chi connectivity index (χ1v) is 8.18. The summed E-state index contributed by atoms with van der Waals surface area (Å²) in [7, 11) is 4.14. The molecule has 0 spiro atoms. The van der Waals surface area contributed by atoms with Crippen molar-refractivity contribution in [1.82, 2.24) is 14.5 Å². The van der Waals surface area contributed by atoms with Crippen LogP contribution in [0.15, 0.2) is 42.5 Å². The molecule has 4 nitrogen and oxygen atoms in total. The topological polar surface area (TPSA) is 38.1 Å². The van der Waals surface area contributed by atoms with Gasteiger partial charge in [0.05, 0.1) is 11.0 Å². The number of hydrogen-bond acceptors (Lipinski definition) is 3. The molecule has 124 valence electrons. The Bertz CT molecular complexity index is 876. The zero-order valence-electron chi connectivity index (χ0n) is 14.7. The molecule has 3 rings (SSSR count). The highest BCUT2D eigenvalue weighted by Crippen LogP contribution is 2.26. The van der Waals surface area contributed by atoms with Crippen molar-refractivity contribution in [2.45, 2.75) is 20.4 Å². The summed E-state index contributed by atoms with van der Waals surface area (Å²) in [5.41, 5.74) is 4.97. The Hall–Kier alpha value is -2.46. The lowest BCUT2D eigenvalue weighted by molar-refractivity contribution is 0.101. The van der Waals surface area contributed by atoms with Crippen LogP contribution >= 0.6 is 0 Å². The largest absolute Gasteiger partial charge is 0.323 e. The minimum atomic E-state index is 0.0663. The number of Topliss-reactive ketones (excluding diaryl/α,β-unsaturated/α-hetero) is 1. The third-order valence-electron chi connectivity index (χ3n) is 4.24. The minimum Gasteiger partial charge on any atom is -0.323 e. The van der Waals surface area contributed by atoms with Gasteiger partial charge in [0.2, 0.25) is 0 Å². The SMILES string of the molecule is CC(=O)c1ccc2c(c1)nc(-c1ccc(C)cc1)n2CCN(C)C. The van der Waals surface area contributed by atoms with E-state index in [2.05, 4.69) is 54.8 Å². The van der Waals surface area contributed by atoms with Crippen LogP contribution in [0.1, 0.15) is 22.8 Å². The van der Waals surface area contributed by atoms with Crippen LogP contribution in [-0.4, -0.2) is 40.9 Å².